The van der Waals surface area contributed by atoms with E-state index in [1.165, 1.54) is 22.3 Å². The molecule has 0 amide bonds. The van der Waals surface area contributed by atoms with Crippen LogP contribution in [0.5, 0.6) is 5.75 Å². The molecule has 0 aromatic heterocycles. The second kappa shape index (κ2) is 11.9. The second-order valence-corrected chi connectivity index (χ2v) is 6.31. The van der Waals surface area contributed by atoms with Crippen LogP contribution >= 0.6 is 0 Å². The molecule has 0 spiro atoms. The Morgan fingerprint density at radius 2 is 1.31 bits per heavy atom. The van der Waals surface area contributed by atoms with Gasteiger partial charge >= 0.3 is 0 Å². The van der Waals surface area contributed by atoms with E-state index in [2.05, 4.69) is 42.5 Å². The normalized spacial score (nSPS) is 9.93. The molecule has 1 aliphatic carbocycles. The van der Waals surface area contributed by atoms with Crippen LogP contribution in [0.25, 0.3) is 22.3 Å². The Balaban J connectivity index is 0.000000263. The fraction of sp³-hybridized carbons (Fsp3) is 0.0400. The van der Waals surface area contributed by atoms with E-state index in [0.717, 1.165) is 17.5 Å². The van der Waals surface area contributed by atoms with Crippen LogP contribution in [0.2, 0.25) is 0 Å². The van der Waals surface area contributed by atoms with Crippen LogP contribution in [0.4, 0.5) is 0 Å². The molecule has 0 bridgehead atoms. The molecular formula is C25H19Cl2OTi-3. The molecule has 4 aromatic carbocycles. The van der Waals surface area contributed by atoms with Crippen molar-refractivity contribution >= 4 is 0 Å². The third-order valence-electron chi connectivity index (χ3n) is 4.57. The van der Waals surface area contributed by atoms with Crippen molar-refractivity contribution in [3.05, 3.63) is 114 Å². The van der Waals surface area contributed by atoms with Crippen LogP contribution in [0, 0.1) is 6.07 Å². The first-order chi connectivity index (χ1) is 12.8. The van der Waals surface area contributed by atoms with Gasteiger partial charge in [-0.3, -0.25) is 0 Å². The molecule has 29 heavy (non-hydrogen) atoms. The van der Waals surface area contributed by atoms with Gasteiger partial charge in [0.25, 0.3) is 0 Å². The minimum Gasteiger partial charge on any atom is -1.00 e. The predicted molar refractivity (Wildman–Crippen MR) is 107 cm³/mol. The predicted octanol–water partition coefficient (Wildman–Crippen LogP) is 0.123. The van der Waals surface area contributed by atoms with E-state index < -0.39 is 0 Å². The number of fused-ring (bicyclic) bond motifs is 3. The largest absolute Gasteiger partial charge is 1.00 e. The van der Waals surface area contributed by atoms with Gasteiger partial charge in [-0.05, 0) is 29.7 Å². The Morgan fingerprint density at radius 3 is 2.07 bits per heavy atom. The van der Waals surface area contributed by atoms with Crippen LogP contribution in [-0.2, 0) is 28.1 Å². The third kappa shape index (κ3) is 5.98. The summed E-state index contributed by atoms with van der Waals surface area (Å²) in [6.07, 6.45) is 1.05. The van der Waals surface area contributed by atoms with Crippen molar-refractivity contribution in [1.82, 2.24) is 0 Å². The average Bonchev–Trinajstić information content (AvgIpc) is 3.08. The number of phenolic OH excluding ortho intramolecular Hbond substituents is 1. The van der Waals surface area contributed by atoms with Gasteiger partial charge in [-0.1, -0.05) is 77.9 Å². The molecule has 0 heterocycles. The van der Waals surface area contributed by atoms with Crippen LogP contribution in [0.1, 0.15) is 11.1 Å². The van der Waals surface area contributed by atoms with Crippen LogP contribution < -0.4 is 24.8 Å². The van der Waals surface area contributed by atoms with Crippen molar-refractivity contribution in [1.29, 1.82) is 0 Å². The molecule has 5 rings (SSSR count). The van der Waals surface area contributed by atoms with Gasteiger partial charge in [0, 0.05) is 21.7 Å². The van der Waals surface area contributed by atoms with Gasteiger partial charge in [0.15, 0.2) is 0 Å². The minimum absolute atomic E-state index is 0. The van der Waals surface area contributed by atoms with E-state index in [9.17, 15) is 5.11 Å². The first-order valence-corrected chi connectivity index (χ1v) is 8.73. The Morgan fingerprint density at radius 1 is 0.655 bits per heavy atom. The first kappa shape index (κ1) is 25.0. The summed E-state index contributed by atoms with van der Waals surface area (Å²) in [5.74, 6) is 0.307. The fourth-order valence-corrected chi connectivity index (χ4v) is 3.31. The van der Waals surface area contributed by atoms with Crippen LogP contribution in [0.15, 0.2) is 97.1 Å². The summed E-state index contributed by atoms with van der Waals surface area (Å²) in [5.41, 5.74) is 7.68. The van der Waals surface area contributed by atoms with E-state index >= 15 is 0 Å². The standard InChI is InChI=1S/C13H9.C12H10O.2ClH.Ti/c1-3-7-12-10(5-1)9-11-6-2-4-8-13(11)12;13-12-8-4-7-11(9-12)10-5-2-1-3-6-10;;;/h1-5,7-8H,9H2;1-9,13H;2*1H;/q-1;;;;/p-2. The summed E-state index contributed by atoms with van der Waals surface area (Å²) < 4.78 is 0. The molecule has 4 heteroatoms. The maximum atomic E-state index is 9.27. The maximum Gasteiger partial charge on any atom is 0.116 e. The average molecular weight is 454 g/mol. The Hall–Kier alpha value is -2.03. The van der Waals surface area contributed by atoms with Gasteiger partial charge in [-0.2, -0.15) is 29.8 Å². The molecule has 0 radical (unpaired) electrons. The van der Waals surface area contributed by atoms with E-state index in [1.54, 1.807) is 12.1 Å². The molecule has 0 aliphatic heterocycles. The number of halogens is 2. The smallest absolute Gasteiger partial charge is 0.116 e. The fourth-order valence-electron chi connectivity index (χ4n) is 3.31. The van der Waals surface area contributed by atoms with Gasteiger partial charge in [0.1, 0.15) is 5.75 Å². The number of benzene rings is 4. The molecule has 4 aromatic rings. The number of aromatic hydroxyl groups is 1. The molecule has 146 valence electrons. The van der Waals surface area contributed by atoms with Crippen molar-refractivity contribution in [3.8, 4) is 28.0 Å². The number of phenols is 1. The molecule has 1 nitrogen and oxygen atoms in total. The zero-order chi connectivity index (χ0) is 17.8. The zero-order valence-electron chi connectivity index (χ0n) is 15.6. The summed E-state index contributed by atoms with van der Waals surface area (Å²) in [6.45, 7) is 0. The van der Waals surface area contributed by atoms with Gasteiger partial charge in [0.2, 0.25) is 0 Å². The van der Waals surface area contributed by atoms with Crippen LogP contribution in [-0.4, -0.2) is 5.11 Å². The van der Waals surface area contributed by atoms with Crippen molar-refractivity contribution < 1.29 is 51.6 Å². The van der Waals surface area contributed by atoms with Gasteiger partial charge in [-0.25, -0.2) is 0 Å². The number of rotatable bonds is 1. The SMILES string of the molecule is Oc1cccc(-c2ccccc2)c1.[Cl-].[Cl-].[Ti].[c-]1cccc2c1Cc1ccccc1-2. The molecular weight excluding hydrogens is 435 g/mol. The summed E-state index contributed by atoms with van der Waals surface area (Å²) in [7, 11) is 0. The summed E-state index contributed by atoms with van der Waals surface area (Å²) in [5, 5.41) is 9.27. The van der Waals surface area contributed by atoms with Crippen molar-refractivity contribution in [2.75, 3.05) is 0 Å². The minimum atomic E-state index is 0. The van der Waals surface area contributed by atoms with Gasteiger partial charge < -0.3 is 29.9 Å². The van der Waals surface area contributed by atoms with Gasteiger partial charge in [0.05, 0.1) is 0 Å². The molecule has 1 aliphatic rings. The van der Waals surface area contributed by atoms with Crippen molar-refractivity contribution in [3.63, 3.8) is 0 Å². The third-order valence-corrected chi connectivity index (χ3v) is 4.57. The van der Waals surface area contributed by atoms with E-state index in [4.69, 9.17) is 0 Å². The van der Waals surface area contributed by atoms with E-state index in [1.807, 2.05) is 48.5 Å². The summed E-state index contributed by atoms with van der Waals surface area (Å²) in [6, 6.07) is 35.4. The number of hydrogen-bond donors (Lipinski definition) is 1. The number of hydrogen-bond acceptors (Lipinski definition) is 1. The van der Waals surface area contributed by atoms with Crippen molar-refractivity contribution in [2.45, 2.75) is 6.42 Å². The van der Waals surface area contributed by atoms with E-state index in [0.29, 0.717) is 5.75 Å². The maximum absolute atomic E-state index is 9.27. The second-order valence-electron chi connectivity index (χ2n) is 6.31. The molecule has 0 saturated heterocycles. The van der Waals surface area contributed by atoms with Crippen molar-refractivity contribution in [2.24, 2.45) is 0 Å². The first-order valence-electron chi connectivity index (χ1n) is 8.73. The summed E-state index contributed by atoms with van der Waals surface area (Å²) in [4.78, 5) is 0. The van der Waals surface area contributed by atoms with E-state index in [-0.39, 0.29) is 46.5 Å². The Bertz CT molecular complexity index is 992. The molecule has 0 unspecified atom stereocenters. The van der Waals surface area contributed by atoms with Gasteiger partial charge in [-0.15, -0.1) is 5.56 Å². The molecule has 0 fully saturated rings. The summed E-state index contributed by atoms with van der Waals surface area (Å²) >= 11 is 0. The topological polar surface area (TPSA) is 20.2 Å². The monoisotopic (exact) mass is 453 g/mol. The molecule has 0 saturated carbocycles. The Kier molecular flexibility index (Phi) is 10.2. The zero-order valence-corrected chi connectivity index (χ0v) is 18.7. The van der Waals surface area contributed by atoms with Crippen LogP contribution in [0.3, 0.4) is 0 Å². The molecule has 0 atom stereocenters. The Labute approximate surface area is 199 Å². The quantitative estimate of drug-likeness (QED) is 0.282. The molecule has 1 N–H and O–H groups in total.